The minimum absolute atomic E-state index is 0.0191. The van der Waals surface area contributed by atoms with Crippen molar-refractivity contribution in [2.24, 2.45) is 5.92 Å². The maximum atomic E-state index is 12.0. The summed E-state index contributed by atoms with van der Waals surface area (Å²) in [6.45, 7) is 2.12. The molecule has 1 aromatic rings. The third kappa shape index (κ3) is 2.81. The Morgan fingerprint density at radius 1 is 1.56 bits per heavy atom. The van der Waals surface area contributed by atoms with Crippen molar-refractivity contribution in [1.82, 2.24) is 0 Å². The van der Waals surface area contributed by atoms with Crippen LogP contribution >= 0.6 is 0 Å². The smallest absolute Gasteiger partial charge is 0.306 e. The van der Waals surface area contributed by atoms with Gasteiger partial charge in [0.25, 0.3) is 0 Å². The number of ether oxygens (including phenoxy) is 1. The lowest BCUT2D eigenvalue weighted by atomic mass is 9.75. The van der Waals surface area contributed by atoms with Gasteiger partial charge in [0.05, 0.1) is 19.3 Å². The van der Waals surface area contributed by atoms with Gasteiger partial charge in [0.1, 0.15) is 11.5 Å². The van der Waals surface area contributed by atoms with Gasteiger partial charge in [-0.1, -0.05) is 0 Å². The molecule has 0 bridgehead atoms. The Hall–Kier alpha value is -1.58. The number of hydrogen-bond donors (Lipinski definition) is 0. The molecule has 0 spiro atoms. The summed E-state index contributed by atoms with van der Waals surface area (Å²) < 4.78 is 10.3. The number of rotatable bonds is 4. The van der Waals surface area contributed by atoms with E-state index in [0.717, 1.165) is 18.6 Å². The second-order valence-corrected chi connectivity index (χ2v) is 4.60. The summed E-state index contributed by atoms with van der Waals surface area (Å²) in [6.07, 6.45) is 4.09. The third-order valence-corrected chi connectivity index (χ3v) is 3.44. The van der Waals surface area contributed by atoms with Crippen molar-refractivity contribution in [1.29, 1.82) is 0 Å². The van der Waals surface area contributed by atoms with Crippen LogP contribution in [-0.2, 0) is 14.3 Å². The zero-order valence-corrected chi connectivity index (χ0v) is 10.6. The number of Topliss-reactive ketones (excluding diaryl/α,β-unsaturated/α-hetero) is 1. The highest BCUT2D eigenvalue weighted by atomic mass is 16.5. The van der Waals surface area contributed by atoms with Crippen LogP contribution in [-0.4, -0.2) is 18.4 Å². The van der Waals surface area contributed by atoms with Gasteiger partial charge in [-0.25, -0.2) is 0 Å². The van der Waals surface area contributed by atoms with E-state index < -0.39 is 0 Å². The summed E-state index contributed by atoms with van der Waals surface area (Å²) in [5, 5.41) is 0. The number of esters is 1. The van der Waals surface area contributed by atoms with Crippen molar-refractivity contribution < 1.29 is 18.7 Å². The van der Waals surface area contributed by atoms with Crippen LogP contribution in [0.5, 0.6) is 0 Å². The monoisotopic (exact) mass is 250 g/mol. The Morgan fingerprint density at radius 3 is 3.06 bits per heavy atom. The van der Waals surface area contributed by atoms with Crippen molar-refractivity contribution in [2.45, 2.75) is 38.5 Å². The van der Waals surface area contributed by atoms with Crippen LogP contribution in [0, 0.1) is 5.92 Å². The molecule has 1 fully saturated rings. The molecule has 0 unspecified atom stereocenters. The fourth-order valence-electron chi connectivity index (χ4n) is 2.61. The minimum Gasteiger partial charge on any atom is -0.469 e. The van der Waals surface area contributed by atoms with Crippen molar-refractivity contribution in [3.8, 4) is 0 Å². The summed E-state index contributed by atoms with van der Waals surface area (Å²) in [4.78, 5) is 23.6. The molecule has 1 aliphatic carbocycles. The Labute approximate surface area is 106 Å². The SMILES string of the molecule is CCOC(=O)C[C@H]1C(=O)CCC[C@H]1c1ccco1. The average Bonchev–Trinajstić information content (AvgIpc) is 2.85. The second-order valence-electron chi connectivity index (χ2n) is 4.60. The van der Waals surface area contributed by atoms with E-state index in [2.05, 4.69) is 0 Å². The van der Waals surface area contributed by atoms with E-state index in [1.165, 1.54) is 0 Å². The maximum absolute atomic E-state index is 12.0. The van der Waals surface area contributed by atoms with E-state index in [-0.39, 0.29) is 30.0 Å². The Kier molecular flexibility index (Phi) is 4.18. The Bertz CT molecular complexity index is 407. The molecule has 4 nitrogen and oxygen atoms in total. The number of furan rings is 1. The molecule has 1 saturated carbocycles. The van der Waals surface area contributed by atoms with Crippen LogP contribution in [0.25, 0.3) is 0 Å². The minimum atomic E-state index is -0.297. The zero-order valence-electron chi connectivity index (χ0n) is 10.6. The van der Waals surface area contributed by atoms with Gasteiger partial charge in [-0.05, 0) is 31.9 Å². The highest BCUT2D eigenvalue weighted by molar-refractivity contribution is 5.86. The lowest BCUT2D eigenvalue weighted by molar-refractivity contribution is -0.147. The van der Waals surface area contributed by atoms with Gasteiger partial charge in [0.15, 0.2) is 0 Å². The predicted octanol–water partition coefficient (Wildman–Crippen LogP) is 2.69. The first-order valence-electron chi connectivity index (χ1n) is 6.44. The third-order valence-electron chi connectivity index (χ3n) is 3.44. The standard InChI is InChI=1S/C14H18O4/c1-2-17-14(16)9-11-10(5-3-6-12(11)15)13-7-4-8-18-13/h4,7-8,10-11H,2-3,5-6,9H2,1H3/t10-,11-/m1/s1. The lowest BCUT2D eigenvalue weighted by Gasteiger charge is -2.28. The maximum Gasteiger partial charge on any atom is 0.306 e. The Balaban J connectivity index is 2.11. The Morgan fingerprint density at radius 2 is 2.39 bits per heavy atom. The molecule has 0 aliphatic heterocycles. The summed E-state index contributed by atoms with van der Waals surface area (Å²) in [5.41, 5.74) is 0. The highest BCUT2D eigenvalue weighted by Gasteiger charge is 2.36. The van der Waals surface area contributed by atoms with E-state index >= 15 is 0 Å². The second kappa shape index (κ2) is 5.85. The predicted molar refractivity (Wildman–Crippen MR) is 65.0 cm³/mol. The molecular formula is C14H18O4. The molecular weight excluding hydrogens is 232 g/mol. The first-order chi connectivity index (χ1) is 8.72. The summed E-state index contributed by atoms with van der Waals surface area (Å²) in [7, 11) is 0. The number of carbonyl (C=O) groups is 2. The molecule has 0 saturated heterocycles. The van der Waals surface area contributed by atoms with E-state index in [9.17, 15) is 9.59 Å². The molecule has 2 atom stereocenters. The zero-order chi connectivity index (χ0) is 13.0. The van der Waals surface area contributed by atoms with Crippen molar-refractivity contribution in [3.63, 3.8) is 0 Å². The van der Waals surface area contributed by atoms with Crippen LogP contribution in [0.15, 0.2) is 22.8 Å². The normalized spacial score (nSPS) is 23.9. The molecule has 1 heterocycles. The van der Waals surface area contributed by atoms with Crippen LogP contribution in [0.4, 0.5) is 0 Å². The first kappa shape index (κ1) is 12.9. The van der Waals surface area contributed by atoms with Crippen LogP contribution < -0.4 is 0 Å². The average molecular weight is 250 g/mol. The molecule has 0 aromatic carbocycles. The van der Waals surface area contributed by atoms with Gasteiger partial charge in [-0.15, -0.1) is 0 Å². The molecule has 0 N–H and O–H groups in total. The molecule has 0 radical (unpaired) electrons. The number of hydrogen-bond acceptors (Lipinski definition) is 4. The lowest BCUT2D eigenvalue weighted by Crippen LogP contribution is -2.29. The van der Waals surface area contributed by atoms with E-state index in [1.54, 1.807) is 13.2 Å². The van der Waals surface area contributed by atoms with Crippen molar-refractivity contribution in [2.75, 3.05) is 6.61 Å². The van der Waals surface area contributed by atoms with Crippen LogP contribution in [0.2, 0.25) is 0 Å². The largest absolute Gasteiger partial charge is 0.469 e. The highest BCUT2D eigenvalue weighted by Crippen LogP contribution is 2.38. The van der Waals surface area contributed by atoms with Gasteiger partial charge in [0, 0.05) is 18.3 Å². The fraction of sp³-hybridized carbons (Fsp3) is 0.571. The summed E-state index contributed by atoms with van der Waals surface area (Å²) in [5.74, 6) is 0.386. The van der Waals surface area contributed by atoms with Crippen LogP contribution in [0.1, 0.15) is 44.3 Å². The van der Waals surface area contributed by atoms with Crippen molar-refractivity contribution in [3.05, 3.63) is 24.2 Å². The number of ketones is 1. The van der Waals surface area contributed by atoms with Gasteiger partial charge in [0.2, 0.25) is 0 Å². The quantitative estimate of drug-likeness (QED) is 0.771. The fourth-order valence-corrected chi connectivity index (χ4v) is 2.61. The topological polar surface area (TPSA) is 56.5 Å². The molecule has 98 valence electrons. The first-order valence-corrected chi connectivity index (χ1v) is 6.44. The van der Waals surface area contributed by atoms with E-state index in [0.29, 0.717) is 13.0 Å². The number of carbonyl (C=O) groups excluding carboxylic acids is 2. The van der Waals surface area contributed by atoms with Gasteiger partial charge < -0.3 is 9.15 Å². The molecule has 1 aromatic heterocycles. The summed E-state index contributed by atoms with van der Waals surface area (Å²) >= 11 is 0. The molecule has 18 heavy (non-hydrogen) atoms. The van der Waals surface area contributed by atoms with Crippen LogP contribution in [0.3, 0.4) is 0 Å². The van der Waals surface area contributed by atoms with Gasteiger partial charge >= 0.3 is 5.97 Å². The molecule has 0 amide bonds. The molecule has 4 heteroatoms. The van der Waals surface area contributed by atoms with Gasteiger partial charge in [-0.2, -0.15) is 0 Å². The summed E-state index contributed by atoms with van der Waals surface area (Å²) in [6, 6.07) is 3.69. The van der Waals surface area contributed by atoms with Crippen molar-refractivity contribution >= 4 is 11.8 Å². The molecule has 1 aliphatic rings. The molecule has 2 rings (SSSR count). The van der Waals surface area contributed by atoms with Gasteiger partial charge in [-0.3, -0.25) is 9.59 Å². The van der Waals surface area contributed by atoms with E-state index in [1.807, 2.05) is 12.1 Å². The van der Waals surface area contributed by atoms with E-state index in [4.69, 9.17) is 9.15 Å².